The van der Waals surface area contributed by atoms with Gasteiger partial charge < -0.3 is 19.6 Å². The number of methoxy groups -OCH3 is 1. The highest BCUT2D eigenvalue weighted by atomic mass is 16.5. The van der Waals surface area contributed by atoms with E-state index in [4.69, 9.17) is 4.74 Å². The number of aliphatic hydroxyl groups excluding tert-OH is 1. The molecule has 1 aliphatic heterocycles. The summed E-state index contributed by atoms with van der Waals surface area (Å²) in [6.07, 6.45) is 0. The van der Waals surface area contributed by atoms with E-state index in [9.17, 15) is 5.11 Å². The number of piperazine rings is 1. The summed E-state index contributed by atoms with van der Waals surface area (Å²) in [7, 11) is 3.83. The van der Waals surface area contributed by atoms with E-state index in [0.717, 1.165) is 44.0 Å². The molecule has 1 N–H and O–H groups in total. The summed E-state index contributed by atoms with van der Waals surface area (Å²) in [6.45, 7) is 5.47. The molecule has 1 aliphatic rings. The second kappa shape index (κ2) is 6.89. The van der Waals surface area contributed by atoms with Crippen LogP contribution < -0.4 is 4.74 Å². The van der Waals surface area contributed by atoms with Crippen molar-refractivity contribution in [1.29, 1.82) is 0 Å². The van der Waals surface area contributed by atoms with Crippen molar-refractivity contribution in [3.8, 4) is 5.75 Å². The van der Waals surface area contributed by atoms with E-state index in [-0.39, 0.29) is 12.5 Å². The molecule has 4 nitrogen and oxygen atoms in total. The normalized spacial score (nSPS) is 19.3. The lowest BCUT2D eigenvalue weighted by Gasteiger charge is -2.34. The molecule has 1 atom stereocenters. The van der Waals surface area contributed by atoms with Gasteiger partial charge in [-0.05, 0) is 24.7 Å². The molecule has 1 fully saturated rings. The van der Waals surface area contributed by atoms with Crippen molar-refractivity contribution in [3.63, 3.8) is 0 Å². The summed E-state index contributed by atoms with van der Waals surface area (Å²) in [5, 5.41) is 9.65. The van der Waals surface area contributed by atoms with Gasteiger partial charge >= 0.3 is 0 Å². The van der Waals surface area contributed by atoms with Gasteiger partial charge in [-0.15, -0.1) is 0 Å². The number of ether oxygens (including phenoxy) is 1. The van der Waals surface area contributed by atoms with E-state index in [0.29, 0.717) is 0 Å². The van der Waals surface area contributed by atoms with Crippen molar-refractivity contribution in [1.82, 2.24) is 9.80 Å². The van der Waals surface area contributed by atoms with Crippen molar-refractivity contribution in [2.45, 2.75) is 5.92 Å². The molecule has 2 rings (SSSR count). The molecule has 1 unspecified atom stereocenters. The molecule has 1 aromatic carbocycles. The molecular formula is C15H24N2O2. The molecule has 0 aliphatic carbocycles. The maximum atomic E-state index is 9.65. The molecule has 0 radical (unpaired) electrons. The Hall–Kier alpha value is -1.10. The van der Waals surface area contributed by atoms with Gasteiger partial charge in [-0.2, -0.15) is 0 Å². The molecule has 0 amide bonds. The lowest BCUT2D eigenvalue weighted by Crippen LogP contribution is -2.46. The van der Waals surface area contributed by atoms with Crippen molar-refractivity contribution >= 4 is 0 Å². The fraction of sp³-hybridized carbons (Fsp3) is 0.600. The minimum atomic E-state index is 0.165. The van der Waals surface area contributed by atoms with Crippen LogP contribution in [-0.2, 0) is 0 Å². The average molecular weight is 264 g/mol. The summed E-state index contributed by atoms with van der Waals surface area (Å²) in [5.41, 5.74) is 1.15. The van der Waals surface area contributed by atoms with Gasteiger partial charge in [-0.3, -0.25) is 0 Å². The molecule has 0 aromatic heterocycles. The van der Waals surface area contributed by atoms with Crippen LogP contribution in [0.5, 0.6) is 5.75 Å². The van der Waals surface area contributed by atoms with E-state index < -0.39 is 0 Å². The first-order chi connectivity index (χ1) is 9.22. The molecule has 1 aromatic rings. The van der Waals surface area contributed by atoms with Crippen molar-refractivity contribution < 1.29 is 9.84 Å². The van der Waals surface area contributed by atoms with Crippen LogP contribution in [0.3, 0.4) is 0 Å². The number of hydrogen-bond donors (Lipinski definition) is 1. The quantitative estimate of drug-likeness (QED) is 0.861. The Labute approximate surface area is 115 Å². The van der Waals surface area contributed by atoms with E-state index in [1.807, 2.05) is 18.2 Å². The second-order valence-corrected chi connectivity index (χ2v) is 5.26. The maximum absolute atomic E-state index is 9.65. The number of aliphatic hydroxyl groups is 1. The lowest BCUT2D eigenvalue weighted by atomic mass is 9.99. The number of likely N-dealkylation sites (N-methyl/N-ethyl adjacent to an activating group) is 1. The van der Waals surface area contributed by atoms with Crippen LogP contribution in [0, 0.1) is 0 Å². The van der Waals surface area contributed by atoms with Crippen LogP contribution in [0.4, 0.5) is 0 Å². The van der Waals surface area contributed by atoms with Crippen molar-refractivity contribution in [3.05, 3.63) is 29.8 Å². The fourth-order valence-electron chi connectivity index (χ4n) is 2.51. The Morgan fingerprint density at radius 3 is 2.63 bits per heavy atom. The van der Waals surface area contributed by atoms with Crippen LogP contribution in [0.15, 0.2) is 24.3 Å². The minimum absolute atomic E-state index is 0.165. The van der Waals surface area contributed by atoms with Gasteiger partial charge in [0.1, 0.15) is 5.75 Å². The minimum Gasteiger partial charge on any atom is -0.497 e. The SMILES string of the molecule is COc1cccc(C(CO)CN2CCN(C)CC2)c1. The highest BCUT2D eigenvalue weighted by molar-refractivity contribution is 5.31. The van der Waals surface area contributed by atoms with Gasteiger partial charge in [-0.25, -0.2) is 0 Å². The van der Waals surface area contributed by atoms with Crippen LogP contribution in [0.1, 0.15) is 11.5 Å². The molecule has 0 saturated carbocycles. The largest absolute Gasteiger partial charge is 0.497 e. The summed E-state index contributed by atoms with van der Waals surface area (Å²) < 4.78 is 5.25. The smallest absolute Gasteiger partial charge is 0.119 e. The summed E-state index contributed by atoms with van der Waals surface area (Å²) in [6, 6.07) is 8.02. The Morgan fingerprint density at radius 1 is 1.26 bits per heavy atom. The average Bonchev–Trinajstić information content (AvgIpc) is 2.46. The Kier molecular flexibility index (Phi) is 5.19. The van der Waals surface area contributed by atoms with E-state index >= 15 is 0 Å². The lowest BCUT2D eigenvalue weighted by molar-refractivity contribution is 0.133. The molecule has 19 heavy (non-hydrogen) atoms. The van der Waals surface area contributed by atoms with Gasteiger partial charge in [0.2, 0.25) is 0 Å². The van der Waals surface area contributed by atoms with Gasteiger partial charge in [0, 0.05) is 38.6 Å². The molecule has 1 saturated heterocycles. The third-order valence-electron chi connectivity index (χ3n) is 3.86. The van der Waals surface area contributed by atoms with Gasteiger partial charge in [0.15, 0.2) is 0 Å². The molecule has 4 heteroatoms. The van der Waals surface area contributed by atoms with Crippen LogP contribution in [0.25, 0.3) is 0 Å². The van der Waals surface area contributed by atoms with Gasteiger partial charge in [0.25, 0.3) is 0 Å². The van der Waals surface area contributed by atoms with E-state index in [1.165, 1.54) is 0 Å². The first kappa shape index (κ1) is 14.3. The third-order valence-corrected chi connectivity index (χ3v) is 3.86. The van der Waals surface area contributed by atoms with Crippen molar-refractivity contribution in [2.75, 3.05) is 53.5 Å². The van der Waals surface area contributed by atoms with Crippen molar-refractivity contribution in [2.24, 2.45) is 0 Å². The number of rotatable bonds is 5. The van der Waals surface area contributed by atoms with Crippen LogP contribution >= 0.6 is 0 Å². The molecule has 0 spiro atoms. The highest BCUT2D eigenvalue weighted by Crippen LogP contribution is 2.22. The summed E-state index contributed by atoms with van der Waals surface area (Å²) >= 11 is 0. The first-order valence-electron chi connectivity index (χ1n) is 6.88. The number of nitrogens with zero attached hydrogens (tertiary/aromatic N) is 2. The number of benzene rings is 1. The van der Waals surface area contributed by atoms with Crippen LogP contribution in [0.2, 0.25) is 0 Å². The molecule has 106 valence electrons. The van der Waals surface area contributed by atoms with Crippen LogP contribution in [-0.4, -0.2) is 68.4 Å². The predicted octanol–water partition coefficient (Wildman–Crippen LogP) is 1.02. The third kappa shape index (κ3) is 3.93. The fourth-order valence-corrected chi connectivity index (χ4v) is 2.51. The topological polar surface area (TPSA) is 35.9 Å². The Bertz CT molecular complexity index is 389. The van der Waals surface area contributed by atoms with E-state index in [1.54, 1.807) is 7.11 Å². The zero-order valence-electron chi connectivity index (χ0n) is 11.9. The van der Waals surface area contributed by atoms with Gasteiger partial charge in [-0.1, -0.05) is 12.1 Å². The molecular weight excluding hydrogens is 240 g/mol. The highest BCUT2D eigenvalue weighted by Gasteiger charge is 2.19. The standard InChI is InChI=1S/C15H24N2O2/c1-16-6-8-17(9-7-16)11-14(12-18)13-4-3-5-15(10-13)19-2/h3-5,10,14,18H,6-9,11-12H2,1-2H3. The zero-order valence-corrected chi connectivity index (χ0v) is 11.9. The van der Waals surface area contributed by atoms with Gasteiger partial charge in [0.05, 0.1) is 13.7 Å². The summed E-state index contributed by atoms with van der Waals surface area (Å²) in [5.74, 6) is 1.02. The monoisotopic (exact) mass is 264 g/mol. The zero-order chi connectivity index (χ0) is 13.7. The first-order valence-corrected chi connectivity index (χ1v) is 6.88. The Balaban J connectivity index is 1.99. The molecule has 0 bridgehead atoms. The molecule has 1 heterocycles. The Morgan fingerprint density at radius 2 is 2.00 bits per heavy atom. The van der Waals surface area contributed by atoms with E-state index in [2.05, 4.69) is 22.9 Å². The summed E-state index contributed by atoms with van der Waals surface area (Å²) in [4.78, 5) is 4.77. The number of hydrogen-bond acceptors (Lipinski definition) is 4. The predicted molar refractivity (Wildman–Crippen MR) is 76.8 cm³/mol. The maximum Gasteiger partial charge on any atom is 0.119 e. The second-order valence-electron chi connectivity index (χ2n) is 5.26.